The number of rotatable bonds is 7. The van der Waals surface area contributed by atoms with Gasteiger partial charge >= 0.3 is 30.6 Å². The molecule has 0 spiro atoms. The highest BCUT2D eigenvalue weighted by molar-refractivity contribution is 5.81. The van der Waals surface area contributed by atoms with Crippen LogP contribution in [0.4, 0.5) is 39.5 Å². The van der Waals surface area contributed by atoms with Crippen molar-refractivity contribution >= 4 is 5.91 Å². The maximum atomic E-state index is 12.8. The molecule has 124 valence electrons. The van der Waals surface area contributed by atoms with Crippen LogP contribution in [0.2, 0.25) is 0 Å². The molecule has 21 heavy (non-hydrogen) atoms. The molecule has 0 radical (unpaired) electrons. The van der Waals surface area contributed by atoms with Crippen LogP contribution in [-0.2, 0) is 14.3 Å². The Morgan fingerprint density at radius 3 is 1.76 bits per heavy atom. The highest BCUT2D eigenvalue weighted by Crippen LogP contribution is 2.43. The molecule has 0 fully saturated rings. The smallest absolute Gasteiger partial charge is 0.345 e. The van der Waals surface area contributed by atoms with Gasteiger partial charge in [0.05, 0.1) is 0 Å². The van der Waals surface area contributed by atoms with Crippen LogP contribution in [0.1, 0.15) is 0 Å². The minimum Gasteiger partial charge on any atom is -0.345 e. The van der Waals surface area contributed by atoms with Gasteiger partial charge in [-0.2, -0.15) is 26.3 Å². The molecule has 0 aromatic heterocycles. The molecule has 4 nitrogen and oxygen atoms in total. The van der Waals surface area contributed by atoms with Crippen LogP contribution in [-0.4, -0.2) is 37.1 Å². The summed E-state index contributed by atoms with van der Waals surface area (Å²) in [6, 6.07) is 0. The van der Waals surface area contributed by atoms with Crippen LogP contribution < -0.4 is 5.32 Å². The van der Waals surface area contributed by atoms with E-state index >= 15 is 0 Å². The maximum Gasteiger partial charge on any atom is 0.527 e. The molecule has 0 heterocycles. The summed E-state index contributed by atoms with van der Waals surface area (Å²) in [7, 11) is 0. The highest BCUT2D eigenvalue weighted by Gasteiger charge is 2.68. The topological polar surface area (TPSA) is 47.6 Å². The fraction of sp³-hybridized carbons (Fsp3) is 0.625. The SMILES string of the molecule is C=CCNC(=O)C(F)(F)OC(F)(F)C(F)(F)OC(F)(F)F. The Morgan fingerprint density at radius 1 is 0.952 bits per heavy atom. The lowest BCUT2D eigenvalue weighted by Crippen LogP contribution is -2.54. The van der Waals surface area contributed by atoms with E-state index in [2.05, 4.69) is 11.3 Å². The van der Waals surface area contributed by atoms with Crippen molar-refractivity contribution in [2.24, 2.45) is 0 Å². The Labute approximate surface area is 110 Å². The minimum atomic E-state index is -6.49. The Morgan fingerprint density at radius 2 is 1.38 bits per heavy atom. The summed E-state index contributed by atoms with van der Waals surface area (Å²) >= 11 is 0. The molecular weight excluding hydrogens is 329 g/mol. The monoisotopic (exact) mass is 335 g/mol. The van der Waals surface area contributed by atoms with Crippen LogP contribution in [0.15, 0.2) is 12.7 Å². The molecule has 0 aromatic carbocycles. The van der Waals surface area contributed by atoms with Gasteiger partial charge in [0.15, 0.2) is 0 Å². The number of amides is 1. The number of carbonyl (C=O) groups excluding carboxylic acids is 1. The van der Waals surface area contributed by atoms with E-state index in [1.165, 1.54) is 5.32 Å². The second-order valence-electron chi connectivity index (χ2n) is 3.20. The first-order valence-electron chi connectivity index (χ1n) is 4.64. The third-order valence-electron chi connectivity index (χ3n) is 1.51. The largest absolute Gasteiger partial charge is 0.527 e. The molecule has 0 rings (SSSR count). The molecule has 0 aliphatic heterocycles. The van der Waals surface area contributed by atoms with Gasteiger partial charge in [-0.25, -0.2) is 9.47 Å². The standard InChI is InChI=1S/C8H6F9NO3/c1-2-3-18-4(19)5(9,10)20-6(11,12)7(13,14)21-8(15,16)17/h2H,1,3H2,(H,18,19). The van der Waals surface area contributed by atoms with Gasteiger partial charge in [0.2, 0.25) is 0 Å². The number of alkyl halides is 9. The summed E-state index contributed by atoms with van der Waals surface area (Å²) in [5.74, 6) is -2.59. The third kappa shape index (κ3) is 5.79. The quantitative estimate of drug-likeness (QED) is 0.575. The lowest BCUT2D eigenvalue weighted by atomic mass is 10.5. The predicted molar refractivity (Wildman–Crippen MR) is 46.3 cm³/mol. The van der Waals surface area contributed by atoms with E-state index in [1.807, 2.05) is 0 Å². The summed E-state index contributed by atoms with van der Waals surface area (Å²) in [5.41, 5.74) is 0. The van der Waals surface area contributed by atoms with Gasteiger partial charge in [-0.15, -0.1) is 19.8 Å². The van der Waals surface area contributed by atoms with Gasteiger partial charge in [-0.05, 0) is 0 Å². The van der Waals surface area contributed by atoms with Crippen molar-refractivity contribution in [2.45, 2.75) is 24.7 Å². The summed E-state index contributed by atoms with van der Waals surface area (Å²) in [6.45, 7) is 2.29. The van der Waals surface area contributed by atoms with E-state index in [-0.39, 0.29) is 0 Å². The molecule has 0 bridgehead atoms. The molecule has 13 heteroatoms. The van der Waals surface area contributed by atoms with Crippen LogP contribution in [0.5, 0.6) is 0 Å². The number of carbonyl (C=O) groups is 1. The van der Waals surface area contributed by atoms with E-state index in [9.17, 15) is 44.3 Å². The average molecular weight is 335 g/mol. The number of hydrogen-bond donors (Lipinski definition) is 1. The van der Waals surface area contributed by atoms with Crippen molar-refractivity contribution in [3.63, 3.8) is 0 Å². The molecule has 0 saturated carbocycles. The predicted octanol–water partition coefficient (Wildman–Crippen LogP) is 2.62. The summed E-state index contributed by atoms with van der Waals surface area (Å²) in [5, 5.41) is 1.22. The van der Waals surface area contributed by atoms with Gasteiger partial charge in [-0.1, -0.05) is 6.08 Å². The maximum absolute atomic E-state index is 12.8. The number of nitrogens with one attached hydrogen (secondary N) is 1. The molecular formula is C8H6F9NO3. The number of ether oxygens (including phenoxy) is 2. The van der Waals surface area contributed by atoms with Crippen molar-refractivity contribution in [3.05, 3.63) is 12.7 Å². The van der Waals surface area contributed by atoms with Gasteiger partial charge in [0, 0.05) is 6.54 Å². The Kier molecular flexibility index (Phi) is 5.66. The van der Waals surface area contributed by atoms with Crippen molar-refractivity contribution in [1.82, 2.24) is 5.32 Å². The Hall–Kier alpha value is -1.50. The Bertz CT molecular complexity index is 393. The first-order chi connectivity index (χ1) is 9.15. The van der Waals surface area contributed by atoms with E-state index < -0.39 is 37.1 Å². The van der Waals surface area contributed by atoms with Crippen LogP contribution >= 0.6 is 0 Å². The fourth-order valence-corrected chi connectivity index (χ4v) is 0.739. The first kappa shape index (κ1) is 19.5. The number of halogens is 9. The minimum absolute atomic E-state index is 0.668. The Balaban J connectivity index is 5.08. The van der Waals surface area contributed by atoms with Crippen LogP contribution in [0, 0.1) is 0 Å². The van der Waals surface area contributed by atoms with Gasteiger partial charge < -0.3 is 5.32 Å². The van der Waals surface area contributed by atoms with Crippen molar-refractivity contribution in [2.75, 3.05) is 6.54 Å². The lowest BCUT2D eigenvalue weighted by Gasteiger charge is -2.28. The lowest BCUT2D eigenvalue weighted by molar-refractivity contribution is -0.524. The summed E-state index contributed by atoms with van der Waals surface area (Å²) in [4.78, 5) is 10.6. The summed E-state index contributed by atoms with van der Waals surface area (Å²) < 4.78 is 114. The van der Waals surface area contributed by atoms with E-state index in [1.54, 1.807) is 4.74 Å². The van der Waals surface area contributed by atoms with Crippen LogP contribution in [0.25, 0.3) is 0 Å². The zero-order chi connectivity index (χ0) is 17.1. The molecule has 0 aliphatic carbocycles. The second-order valence-corrected chi connectivity index (χ2v) is 3.20. The average Bonchev–Trinajstić information content (AvgIpc) is 2.20. The molecule has 0 aliphatic rings. The van der Waals surface area contributed by atoms with Gasteiger partial charge in [0.1, 0.15) is 0 Å². The van der Waals surface area contributed by atoms with Crippen molar-refractivity contribution in [3.8, 4) is 0 Å². The second kappa shape index (κ2) is 6.09. The first-order valence-corrected chi connectivity index (χ1v) is 4.64. The normalized spacial score (nSPS) is 14.0. The molecule has 0 unspecified atom stereocenters. The number of hydrogen-bond acceptors (Lipinski definition) is 3. The fourth-order valence-electron chi connectivity index (χ4n) is 0.739. The van der Waals surface area contributed by atoms with E-state index in [4.69, 9.17) is 0 Å². The summed E-state index contributed by atoms with van der Waals surface area (Å²) in [6.07, 6.45) is -23.9. The molecule has 0 saturated heterocycles. The molecule has 1 amide bonds. The molecule has 0 aromatic rings. The van der Waals surface area contributed by atoms with Gasteiger partial charge in [-0.3, -0.25) is 4.79 Å². The highest BCUT2D eigenvalue weighted by atomic mass is 19.4. The van der Waals surface area contributed by atoms with Crippen LogP contribution in [0.3, 0.4) is 0 Å². The van der Waals surface area contributed by atoms with Crippen molar-refractivity contribution < 1.29 is 53.8 Å². The molecule has 1 N–H and O–H groups in total. The third-order valence-corrected chi connectivity index (χ3v) is 1.51. The van der Waals surface area contributed by atoms with E-state index in [0.717, 1.165) is 6.08 Å². The zero-order valence-electron chi connectivity index (χ0n) is 9.62. The molecule has 0 atom stereocenters. The zero-order valence-corrected chi connectivity index (χ0v) is 9.62. The van der Waals surface area contributed by atoms with E-state index in [0.29, 0.717) is 0 Å². The van der Waals surface area contributed by atoms with Gasteiger partial charge in [0.25, 0.3) is 0 Å². The van der Waals surface area contributed by atoms with Crippen molar-refractivity contribution in [1.29, 1.82) is 0 Å².